The van der Waals surface area contributed by atoms with Gasteiger partial charge in [-0.05, 0) is 36.2 Å². The highest BCUT2D eigenvalue weighted by Gasteiger charge is 2.11. The molecule has 1 N–H and O–H groups in total. The standard InChI is InChI=1S/C14H13F2NO/c1-9-2-5-13(17-8-9)14(18)7-10-3-4-11(15)12(16)6-10/h2-6,8,14,18H,7H2,1H3. The lowest BCUT2D eigenvalue weighted by Gasteiger charge is -2.10. The van der Waals surface area contributed by atoms with E-state index in [1.54, 1.807) is 12.3 Å². The Kier molecular flexibility index (Phi) is 3.67. The van der Waals surface area contributed by atoms with Gasteiger partial charge in [0.15, 0.2) is 11.6 Å². The molecule has 0 spiro atoms. The van der Waals surface area contributed by atoms with Crippen LogP contribution in [0.5, 0.6) is 0 Å². The number of aryl methyl sites for hydroxylation is 1. The minimum absolute atomic E-state index is 0.202. The minimum Gasteiger partial charge on any atom is -0.386 e. The number of aromatic nitrogens is 1. The Bertz CT molecular complexity index is 540. The molecule has 18 heavy (non-hydrogen) atoms. The lowest BCUT2D eigenvalue weighted by molar-refractivity contribution is 0.173. The summed E-state index contributed by atoms with van der Waals surface area (Å²) in [5.41, 5.74) is 2.05. The van der Waals surface area contributed by atoms with Gasteiger partial charge >= 0.3 is 0 Å². The highest BCUT2D eigenvalue weighted by atomic mass is 19.2. The van der Waals surface area contributed by atoms with E-state index >= 15 is 0 Å². The van der Waals surface area contributed by atoms with Crippen LogP contribution in [0.3, 0.4) is 0 Å². The van der Waals surface area contributed by atoms with E-state index in [-0.39, 0.29) is 6.42 Å². The fourth-order valence-corrected chi connectivity index (χ4v) is 1.67. The molecule has 1 atom stereocenters. The molecule has 2 rings (SSSR count). The Hall–Kier alpha value is -1.81. The molecule has 0 aliphatic heterocycles. The van der Waals surface area contributed by atoms with E-state index in [0.717, 1.165) is 17.7 Å². The molecule has 94 valence electrons. The Morgan fingerprint density at radius 2 is 1.94 bits per heavy atom. The fraction of sp³-hybridized carbons (Fsp3) is 0.214. The Morgan fingerprint density at radius 3 is 2.56 bits per heavy atom. The van der Waals surface area contributed by atoms with Gasteiger partial charge in [0, 0.05) is 12.6 Å². The molecule has 0 fully saturated rings. The van der Waals surface area contributed by atoms with Crippen LogP contribution in [0.15, 0.2) is 36.5 Å². The number of halogens is 2. The second-order valence-electron chi connectivity index (χ2n) is 4.23. The van der Waals surface area contributed by atoms with Crippen molar-refractivity contribution < 1.29 is 13.9 Å². The predicted octanol–water partition coefficient (Wildman–Crippen LogP) is 2.94. The van der Waals surface area contributed by atoms with E-state index in [0.29, 0.717) is 11.3 Å². The summed E-state index contributed by atoms with van der Waals surface area (Å²) in [6, 6.07) is 7.17. The third kappa shape index (κ3) is 2.90. The van der Waals surface area contributed by atoms with Crippen molar-refractivity contribution in [3.63, 3.8) is 0 Å². The quantitative estimate of drug-likeness (QED) is 0.907. The largest absolute Gasteiger partial charge is 0.386 e. The molecule has 0 saturated carbocycles. The van der Waals surface area contributed by atoms with Crippen molar-refractivity contribution in [1.29, 1.82) is 0 Å². The zero-order valence-corrected chi connectivity index (χ0v) is 9.90. The summed E-state index contributed by atoms with van der Waals surface area (Å²) in [5.74, 6) is -1.79. The summed E-state index contributed by atoms with van der Waals surface area (Å²) >= 11 is 0. The number of hydrogen-bond acceptors (Lipinski definition) is 2. The number of hydrogen-bond donors (Lipinski definition) is 1. The van der Waals surface area contributed by atoms with E-state index in [9.17, 15) is 13.9 Å². The number of aliphatic hydroxyl groups excluding tert-OH is 1. The van der Waals surface area contributed by atoms with Gasteiger partial charge in [-0.15, -0.1) is 0 Å². The Labute approximate surface area is 104 Å². The van der Waals surface area contributed by atoms with Crippen LogP contribution in [0, 0.1) is 18.6 Å². The van der Waals surface area contributed by atoms with Crippen LogP contribution in [0.25, 0.3) is 0 Å². The smallest absolute Gasteiger partial charge is 0.159 e. The molecular formula is C14H13F2NO. The lowest BCUT2D eigenvalue weighted by Crippen LogP contribution is -2.04. The van der Waals surface area contributed by atoms with Crippen molar-refractivity contribution in [2.24, 2.45) is 0 Å². The maximum Gasteiger partial charge on any atom is 0.159 e. The van der Waals surface area contributed by atoms with Crippen molar-refractivity contribution >= 4 is 0 Å². The van der Waals surface area contributed by atoms with Gasteiger partial charge < -0.3 is 5.11 Å². The number of aliphatic hydroxyl groups is 1. The Balaban J connectivity index is 2.13. The first-order valence-corrected chi connectivity index (χ1v) is 5.61. The van der Waals surface area contributed by atoms with Gasteiger partial charge in [-0.3, -0.25) is 4.98 Å². The van der Waals surface area contributed by atoms with Crippen molar-refractivity contribution in [1.82, 2.24) is 4.98 Å². The van der Waals surface area contributed by atoms with Gasteiger partial charge in [0.2, 0.25) is 0 Å². The monoisotopic (exact) mass is 249 g/mol. The van der Waals surface area contributed by atoms with E-state index in [2.05, 4.69) is 4.98 Å². The van der Waals surface area contributed by atoms with Crippen molar-refractivity contribution in [2.45, 2.75) is 19.4 Å². The highest BCUT2D eigenvalue weighted by molar-refractivity contribution is 5.21. The third-order valence-electron chi connectivity index (χ3n) is 2.69. The van der Waals surface area contributed by atoms with Gasteiger partial charge in [-0.1, -0.05) is 12.1 Å². The van der Waals surface area contributed by atoms with E-state index in [1.165, 1.54) is 6.07 Å². The first kappa shape index (κ1) is 12.6. The summed E-state index contributed by atoms with van der Waals surface area (Å²) in [5, 5.41) is 9.95. The van der Waals surface area contributed by atoms with Crippen LogP contribution >= 0.6 is 0 Å². The van der Waals surface area contributed by atoms with Crippen LogP contribution in [0.4, 0.5) is 8.78 Å². The average molecular weight is 249 g/mol. The number of pyridine rings is 1. The molecule has 0 amide bonds. The highest BCUT2D eigenvalue weighted by Crippen LogP contribution is 2.18. The molecule has 4 heteroatoms. The molecule has 1 heterocycles. The van der Waals surface area contributed by atoms with Gasteiger partial charge in [-0.25, -0.2) is 8.78 Å². The molecule has 0 radical (unpaired) electrons. The minimum atomic E-state index is -0.906. The van der Waals surface area contributed by atoms with Crippen molar-refractivity contribution in [3.8, 4) is 0 Å². The molecule has 0 saturated heterocycles. The topological polar surface area (TPSA) is 33.1 Å². The van der Waals surface area contributed by atoms with Gasteiger partial charge in [0.1, 0.15) is 0 Å². The molecule has 2 nitrogen and oxygen atoms in total. The number of benzene rings is 1. The van der Waals surface area contributed by atoms with E-state index < -0.39 is 17.7 Å². The molecule has 0 aliphatic rings. The zero-order valence-electron chi connectivity index (χ0n) is 9.90. The number of nitrogens with zero attached hydrogens (tertiary/aromatic N) is 1. The molecule has 1 aromatic carbocycles. The van der Waals surface area contributed by atoms with Crippen LogP contribution in [-0.4, -0.2) is 10.1 Å². The molecule has 0 bridgehead atoms. The Morgan fingerprint density at radius 1 is 1.17 bits per heavy atom. The summed E-state index contributed by atoms with van der Waals surface area (Å²) in [6.45, 7) is 1.90. The lowest BCUT2D eigenvalue weighted by atomic mass is 10.0. The first-order chi connectivity index (χ1) is 8.56. The maximum atomic E-state index is 13.0. The van der Waals surface area contributed by atoms with Gasteiger partial charge in [0.05, 0.1) is 11.8 Å². The third-order valence-corrected chi connectivity index (χ3v) is 2.69. The molecule has 2 aromatic rings. The summed E-state index contributed by atoms with van der Waals surface area (Å²) in [6.07, 6.45) is 1.03. The summed E-state index contributed by atoms with van der Waals surface area (Å²) in [4.78, 5) is 4.10. The fourth-order valence-electron chi connectivity index (χ4n) is 1.67. The molecule has 0 aliphatic carbocycles. The van der Waals surface area contributed by atoms with Crippen molar-refractivity contribution in [2.75, 3.05) is 0 Å². The maximum absolute atomic E-state index is 13.0. The second kappa shape index (κ2) is 5.23. The van der Waals surface area contributed by atoms with Crippen molar-refractivity contribution in [3.05, 3.63) is 65.0 Å². The van der Waals surface area contributed by atoms with Gasteiger partial charge in [0.25, 0.3) is 0 Å². The zero-order chi connectivity index (χ0) is 13.1. The molecule has 1 aromatic heterocycles. The van der Waals surface area contributed by atoms with Crippen LogP contribution in [-0.2, 0) is 6.42 Å². The summed E-state index contributed by atoms with van der Waals surface area (Å²) < 4.78 is 25.8. The van der Waals surface area contributed by atoms with Gasteiger partial charge in [-0.2, -0.15) is 0 Å². The SMILES string of the molecule is Cc1ccc(C(O)Cc2ccc(F)c(F)c2)nc1. The van der Waals surface area contributed by atoms with E-state index in [1.807, 2.05) is 13.0 Å². The van der Waals surface area contributed by atoms with Crippen LogP contribution in [0.1, 0.15) is 22.9 Å². The van der Waals surface area contributed by atoms with E-state index in [4.69, 9.17) is 0 Å². The second-order valence-corrected chi connectivity index (χ2v) is 4.23. The molecule has 1 unspecified atom stereocenters. The van der Waals surface area contributed by atoms with Crippen LogP contribution in [0.2, 0.25) is 0 Å². The first-order valence-electron chi connectivity index (χ1n) is 5.61. The molecular weight excluding hydrogens is 236 g/mol. The normalized spacial score (nSPS) is 12.4. The predicted molar refractivity (Wildman–Crippen MR) is 64.0 cm³/mol. The number of rotatable bonds is 3. The summed E-state index contributed by atoms with van der Waals surface area (Å²) in [7, 11) is 0. The average Bonchev–Trinajstić information content (AvgIpc) is 2.34. The van der Waals surface area contributed by atoms with Crippen LogP contribution < -0.4 is 0 Å².